The summed E-state index contributed by atoms with van der Waals surface area (Å²) in [5.41, 5.74) is 8.41. The van der Waals surface area contributed by atoms with Crippen LogP contribution in [0.2, 0.25) is 0 Å². The first-order valence-electron chi connectivity index (χ1n) is 8.67. The molecule has 0 spiro atoms. The SMILES string of the molecule is Cn1cc(CC(=O)N(CCC(N)=O)Cc2ccccc2)c2ccccc21. The summed E-state index contributed by atoms with van der Waals surface area (Å²) in [5.74, 6) is -0.410. The standard InChI is InChI=1S/C21H23N3O2/c1-23-15-17(18-9-5-6-10-19(18)23)13-21(26)24(12-11-20(22)25)14-16-7-3-2-4-8-16/h2-10,15H,11-14H2,1H3,(H2,22,25). The van der Waals surface area contributed by atoms with Crippen molar-refractivity contribution in [3.63, 3.8) is 0 Å². The van der Waals surface area contributed by atoms with Crippen LogP contribution >= 0.6 is 0 Å². The second-order valence-electron chi connectivity index (χ2n) is 6.48. The van der Waals surface area contributed by atoms with Crippen molar-refractivity contribution in [2.24, 2.45) is 12.8 Å². The Bertz CT molecular complexity index is 915. The summed E-state index contributed by atoms with van der Waals surface area (Å²) in [6.45, 7) is 0.797. The molecular formula is C21H23N3O2. The number of nitrogens with zero attached hydrogens (tertiary/aromatic N) is 2. The van der Waals surface area contributed by atoms with E-state index in [0.29, 0.717) is 19.5 Å². The third-order valence-electron chi connectivity index (χ3n) is 4.52. The average Bonchev–Trinajstić information content (AvgIpc) is 2.95. The number of carbonyl (C=O) groups is 2. The van der Waals surface area contributed by atoms with E-state index in [1.165, 1.54) is 0 Å². The Morgan fingerprint density at radius 2 is 1.73 bits per heavy atom. The highest BCUT2D eigenvalue weighted by atomic mass is 16.2. The minimum absolute atomic E-state index is 0.00791. The first kappa shape index (κ1) is 17.7. The number of benzene rings is 2. The summed E-state index contributed by atoms with van der Waals surface area (Å²) >= 11 is 0. The highest BCUT2D eigenvalue weighted by Crippen LogP contribution is 2.21. The summed E-state index contributed by atoms with van der Waals surface area (Å²) in [7, 11) is 1.98. The molecule has 2 aromatic carbocycles. The molecule has 0 aliphatic heterocycles. The molecule has 0 aliphatic rings. The van der Waals surface area contributed by atoms with Crippen LogP contribution in [-0.2, 0) is 29.6 Å². The Labute approximate surface area is 153 Å². The first-order valence-corrected chi connectivity index (χ1v) is 8.67. The van der Waals surface area contributed by atoms with E-state index in [-0.39, 0.29) is 12.3 Å². The van der Waals surface area contributed by atoms with Crippen molar-refractivity contribution < 1.29 is 9.59 Å². The van der Waals surface area contributed by atoms with E-state index in [0.717, 1.165) is 22.0 Å². The molecule has 1 heterocycles. The maximum absolute atomic E-state index is 12.9. The van der Waals surface area contributed by atoms with Gasteiger partial charge in [-0.15, -0.1) is 0 Å². The van der Waals surface area contributed by atoms with Crippen LogP contribution in [-0.4, -0.2) is 27.8 Å². The number of carbonyl (C=O) groups excluding carboxylic acids is 2. The van der Waals surface area contributed by atoms with Crippen LogP contribution in [0.25, 0.3) is 10.9 Å². The van der Waals surface area contributed by atoms with Gasteiger partial charge in [0.1, 0.15) is 0 Å². The largest absolute Gasteiger partial charge is 0.370 e. The predicted molar refractivity (Wildman–Crippen MR) is 102 cm³/mol. The van der Waals surface area contributed by atoms with E-state index in [9.17, 15) is 9.59 Å². The number of aromatic nitrogens is 1. The van der Waals surface area contributed by atoms with Gasteiger partial charge in [0, 0.05) is 43.7 Å². The Kier molecular flexibility index (Phi) is 5.37. The van der Waals surface area contributed by atoms with E-state index in [1.54, 1.807) is 4.90 Å². The minimum atomic E-state index is -0.402. The monoisotopic (exact) mass is 349 g/mol. The quantitative estimate of drug-likeness (QED) is 0.712. The van der Waals surface area contributed by atoms with E-state index >= 15 is 0 Å². The topological polar surface area (TPSA) is 68.3 Å². The van der Waals surface area contributed by atoms with Crippen molar-refractivity contribution in [3.05, 3.63) is 71.9 Å². The summed E-state index contributed by atoms with van der Waals surface area (Å²) in [4.78, 5) is 25.9. The fourth-order valence-electron chi connectivity index (χ4n) is 3.18. The fourth-order valence-corrected chi connectivity index (χ4v) is 3.18. The van der Waals surface area contributed by atoms with Crippen LogP contribution in [0.3, 0.4) is 0 Å². The molecule has 0 unspecified atom stereocenters. The van der Waals surface area contributed by atoms with Crippen LogP contribution in [0.5, 0.6) is 0 Å². The lowest BCUT2D eigenvalue weighted by molar-refractivity contribution is -0.131. The molecule has 5 heteroatoms. The highest BCUT2D eigenvalue weighted by Gasteiger charge is 2.17. The molecule has 26 heavy (non-hydrogen) atoms. The first-order chi connectivity index (χ1) is 12.5. The van der Waals surface area contributed by atoms with Gasteiger partial charge in [0.25, 0.3) is 0 Å². The number of hydrogen-bond donors (Lipinski definition) is 1. The maximum atomic E-state index is 12.9. The number of aryl methyl sites for hydroxylation is 1. The molecule has 0 radical (unpaired) electrons. The molecular weight excluding hydrogens is 326 g/mol. The molecule has 5 nitrogen and oxygen atoms in total. The van der Waals surface area contributed by atoms with E-state index in [1.807, 2.05) is 72.4 Å². The van der Waals surface area contributed by atoms with Crippen molar-refractivity contribution >= 4 is 22.7 Å². The van der Waals surface area contributed by atoms with Crippen LogP contribution in [0.15, 0.2) is 60.8 Å². The van der Waals surface area contributed by atoms with Crippen molar-refractivity contribution in [2.45, 2.75) is 19.4 Å². The van der Waals surface area contributed by atoms with E-state index in [2.05, 4.69) is 0 Å². The number of rotatable bonds is 7. The van der Waals surface area contributed by atoms with Gasteiger partial charge in [-0.3, -0.25) is 9.59 Å². The zero-order valence-electron chi connectivity index (χ0n) is 14.9. The number of hydrogen-bond acceptors (Lipinski definition) is 2. The van der Waals surface area contributed by atoms with Crippen molar-refractivity contribution in [1.82, 2.24) is 9.47 Å². The van der Waals surface area contributed by atoms with Gasteiger partial charge in [-0.2, -0.15) is 0 Å². The lowest BCUT2D eigenvalue weighted by Crippen LogP contribution is -2.34. The van der Waals surface area contributed by atoms with Gasteiger partial charge >= 0.3 is 0 Å². The number of nitrogens with two attached hydrogens (primary N) is 1. The van der Waals surface area contributed by atoms with E-state index < -0.39 is 5.91 Å². The zero-order chi connectivity index (χ0) is 18.5. The predicted octanol–water partition coefficient (Wildman–Crippen LogP) is 2.63. The van der Waals surface area contributed by atoms with Gasteiger partial charge in [0.2, 0.25) is 11.8 Å². The van der Waals surface area contributed by atoms with Crippen molar-refractivity contribution in [2.75, 3.05) is 6.54 Å². The minimum Gasteiger partial charge on any atom is -0.370 e. The normalized spacial score (nSPS) is 10.8. The smallest absolute Gasteiger partial charge is 0.227 e. The molecule has 0 fully saturated rings. The van der Waals surface area contributed by atoms with Crippen LogP contribution < -0.4 is 5.73 Å². The van der Waals surface area contributed by atoms with Gasteiger partial charge < -0.3 is 15.2 Å². The second-order valence-corrected chi connectivity index (χ2v) is 6.48. The highest BCUT2D eigenvalue weighted by molar-refractivity contribution is 5.89. The molecule has 0 saturated heterocycles. The Balaban J connectivity index is 1.80. The molecule has 1 aromatic heterocycles. The molecule has 0 bridgehead atoms. The maximum Gasteiger partial charge on any atom is 0.227 e. The zero-order valence-corrected chi connectivity index (χ0v) is 14.9. The van der Waals surface area contributed by atoms with Crippen LogP contribution in [0, 0.1) is 0 Å². The molecule has 2 amide bonds. The third kappa shape index (κ3) is 4.11. The van der Waals surface area contributed by atoms with Crippen LogP contribution in [0.4, 0.5) is 0 Å². The second kappa shape index (κ2) is 7.87. The summed E-state index contributed by atoms with van der Waals surface area (Å²) in [6.07, 6.45) is 2.46. The summed E-state index contributed by atoms with van der Waals surface area (Å²) in [5, 5.41) is 1.08. The molecule has 0 atom stereocenters. The molecule has 3 aromatic rings. The fraction of sp³-hybridized carbons (Fsp3) is 0.238. The van der Waals surface area contributed by atoms with Gasteiger partial charge in [0.05, 0.1) is 6.42 Å². The molecule has 134 valence electrons. The van der Waals surface area contributed by atoms with Gasteiger partial charge in [-0.1, -0.05) is 48.5 Å². The summed E-state index contributed by atoms with van der Waals surface area (Å²) in [6, 6.07) is 17.8. The summed E-state index contributed by atoms with van der Waals surface area (Å²) < 4.78 is 2.03. The average molecular weight is 349 g/mol. The third-order valence-corrected chi connectivity index (χ3v) is 4.52. The number of fused-ring (bicyclic) bond motifs is 1. The van der Waals surface area contributed by atoms with Crippen LogP contribution in [0.1, 0.15) is 17.5 Å². The Morgan fingerprint density at radius 3 is 2.46 bits per heavy atom. The molecule has 0 aliphatic carbocycles. The van der Waals surface area contributed by atoms with Crippen molar-refractivity contribution in [3.8, 4) is 0 Å². The van der Waals surface area contributed by atoms with Gasteiger partial charge in [-0.25, -0.2) is 0 Å². The lowest BCUT2D eigenvalue weighted by Gasteiger charge is -2.22. The molecule has 3 rings (SSSR count). The number of amides is 2. The molecule has 0 saturated carbocycles. The Morgan fingerprint density at radius 1 is 1.04 bits per heavy atom. The number of primary amides is 1. The Hall–Kier alpha value is -3.08. The van der Waals surface area contributed by atoms with Crippen molar-refractivity contribution in [1.29, 1.82) is 0 Å². The lowest BCUT2D eigenvalue weighted by atomic mass is 10.1. The van der Waals surface area contributed by atoms with Gasteiger partial charge in [-0.05, 0) is 17.2 Å². The van der Waals surface area contributed by atoms with Gasteiger partial charge in [0.15, 0.2) is 0 Å². The van der Waals surface area contributed by atoms with E-state index in [4.69, 9.17) is 5.73 Å². The number of para-hydroxylation sites is 1. The molecule has 2 N–H and O–H groups in total.